The van der Waals surface area contributed by atoms with Crippen molar-refractivity contribution in [2.75, 3.05) is 0 Å². The lowest BCUT2D eigenvalue weighted by atomic mass is 9.77. The summed E-state index contributed by atoms with van der Waals surface area (Å²) in [6, 6.07) is 0. The molecule has 1 saturated carbocycles. The first-order chi connectivity index (χ1) is 8.09. The van der Waals surface area contributed by atoms with Crippen LogP contribution in [0.25, 0.3) is 0 Å². The highest BCUT2D eigenvalue weighted by molar-refractivity contribution is 5.38. The van der Waals surface area contributed by atoms with E-state index < -0.39 is 0 Å². The fraction of sp³-hybridized carbons (Fsp3) is 0.765. The Labute approximate surface area is 107 Å². The molecule has 0 amide bonds. The van der Waals surface area contributed by atoms with Gasteiger partial charge in [0.2, 0.25) is 0 Å². The lowest BCUT2D eigenvalue weighted by Gasteiger charge is -2.28. The van der Waals surface area contributed by atoms with E-state index in [2.05, 4.69) is 39.8 Å². The van der Waals surface area contributed by atoms with Gasteiger partial charge in [-0.2, -0.15) is 0 Å². The van der Waals surface area contributed by atoms with Crippen LogP contribution in [-0.2, 0) is 0 Å². The quantitative estimate of drug-likeness (QED) is 0.614. The van der Waals surface area contributed by atoms with Crippen LogP contribution < -0.4 is 0 Å². The van der Waals surface area contributed by atoms with Gasteiger partial charge in [-0.1, -0.05) is 64.7 Å². The topological polar surface area (TPSA) is 0 Å². The largest absolute Gasteiger partial charge is 0.0736 e. The van der Waals surface area contributed by atoms with E-state index >= 15 is 0 Å². The molecule has 2 rings (SSSR count). The Morgan fingerprint density at radius 1 is 1.00 bits per heavy atom. The zero-order chi connectivity index (χ0) is 12.4. The molecule has 2 aliphatic rings. The van der Waals surface area contributed by atoms with Crippen molar-refractivity contribution >= 4 is 0 Å². The Morgan fingerprint density at radius 2 is 1.65 bits per heavy atom. The maximum atomic E-state index is 2.55. The highest BCUT2D eigenvalue weighted by Gasteiger charge is 2.29. The Hall–Kier alpha value is -0.520. The van der Waals surface area contributed by atoms with Gasteiger partial charge in [-0.15, -0.1) is 0 Å². The van der Waals surface area contributed by atoms with Crippen LogP contribution in [0.2, 0.25) is 0 Å². The minimum absolute atomic E-state index is 0.692. The van der Waals surface area contributed by atoms with Crippen molar-refractivity contribution < 1.29 is 0 Å². The number of allylic oxidation sites excluding steroid dienone is 4. The van der Waals surface area contributed by atoms with Gasteiger partial charge in [-0.3, -0.25) is 0 Å². The Morgan fingerprint density at radius 3 is 2.18 bits per heavy atom. The van der Waals surface area contributed by atoms with Gasteiger partial charge >= 0.3 is 0 Å². The summed E-state index contributed by atoms with van der Waals surface area (Å²) in [7, 11) is 0. The van der Waals surface area contributed by atoms with Gasteiger partial charge in [0.1, 0.15) is 0 Å². The van der Waals surface area contributed by atoms with Crippen molar-refractivity contribution in [3.63, 3.8) is 0 Å². The van der Waals surface area contributed by atoms with E-state index in [0.717, 1.165) is 17.8 Å². The first-order valence-electron chi connectivity index (χ1n) is 7.52. The summed E-state index contributed by atoms with van der Waals surface area (Å²) in [4.78, 5) is 0. The van der Waals surface area contributed by atoms with Crippen LogP contribution in [-0.4, -0.2) is 0 Å². The molecular formula is C17H28. The van der Waals surface area contributed by atoms with Gasteiger partial charge in [0.25, 0.3) is 0 Å². The van der Waals surface area contributed by atoms with Gasteiger partial charge in [-0.25, -0.2) is 0 Å². The molecule has 1 atom stereocenters. The second kappa shape index (κ2) is 5.42. The molecule has 0 bridgehead atoms. The fourth-order valence-corrected chi connectivity index (χ4v) is 3.40. The average molecular weight is 232 g/mol. The predicted molar refractivity (Wildman–Crippen MR) is 75.9 cm³/mol. The summed E-state index contributed by atoms with van der Waals surface area (Å²) in [6.45, 7) is 9.40. The number of hydrogen-bond acceptors (Lipinski definition) is 0. The molecule has 0 aromatic heterocycles. The molecule has 0 radical (unpaired) electrons. The second-order valence-electron chi connectivity index (χ2n) is 6.57. The normalized spacial score (nSPS) is 26.6. The van der Waals surface area contributed by atoms with E-state index in [4.69, 9.17) is 0 Å². The van der Waals surface area contributed by atoms with E-state index in [1.807, 2.05) is 0 Å². The summed E-state index contributed by atoms with van der Waals surface area (Å²) in [6.07, 6.45) is 12.3. The first-order valence-corrected chi connectivity index (χ1v) is 7.52. The van der Waals surface area contributed by atoms with E-state index in [9.17, 15) is 0 Å². The Kier molecular flexibility index (Phi) is 4.12. The van der Waals surface area contributed by atoms with Crippen molar-refractivity contribution in [2.45, 2.75) is 59.8 Å². The third kappa shape index (κ3) is 2.84. The van der Waals surface area contributed by atoms with Crippen molar-refractivity contribution in [2.24, 2.45) is 23.7 Å². The van der Waals surface area contributed by atoms with Crippen molar-refractivity contribution in [1.82, 2.24) is 0 Å². The Bertz CT molecular complexity index is 311. The molecule has 0 spiro atoms. The van der Waals surface area contributed by atoms with E-state index in [0.29, 0.717) is 5.92 Å². The molecule has 96 valence electrons. The summed E-state index contributed by atoms with van der Waals surface area (Å²) in [5, 5.41) is 0. The van der Waals surface area contributed by atoms with Crippen molar-refractivity contribution in [3.05, 3.63) is 23.3 Å². The molecule has 0 heterocycles. The van der Waals surface area contributed by atoms with E-state index in [1.54, 1.807) is 11.1 Å². The SMILES string of the molecule is CC(C)C1=CC(C(C)C)C(C2CCCCC2)=C1. The lowest BCUT2D eigenvalue weighted by molar-refractivity contribution is 0.365. The Balaban J connectivity index is 2.16. The standard InChI is InChI=1S/C17H28/c1-12(2)15-10-16(13(3)4)17(11-15)14-8-6-5-7-9-14/h10-14,16H,5-9H2,1-4H3. The minimum Gasteiger partial charge on any atom is -0.0736 e. The van der Waals surface area contributed by atoms with Crippen LogP contribution in [0.4, 0.5) is 0 Å². The smallest absolute Gasteiger partial charge is 0.00117 e. The third-order valence-corrected chi connectivity index (χ3v) is 4.55. The fourth-order valence-electron chi connectivity index (χ4n) is 3.40. The van der Waals surface area contributed by atoms with E-state index in [1.165, 1.54) is 32.1 Å². The monoisotopic (exact) mass is 232 g/mol. The maximum absolute atomic E-state index is 2.55. The molecule has 0 aromatic rings. The molecule has 0 heteroatoms. The predicted octanol–water partition coefficient (Wildman–Crippen LogP) is 5.36. The molecule has 0 aliphatic heterocycles. The van der Waals surface area contributed by atoms with Gasteiger partial charge in [0, 0.05) is 5.92 Å². The third-order valence-electron chi connectivity index (χ3n) is 4.55. The molecular weight excluding hydrogens is 204 g/mol. The van der Waals surface area contributed by atoms with Gasteiger partial charge in [0.15, 0.2) is 0 Å². The summed E-state index contributed by atoms with van der Waals surface area (Å²) >= 11 is 0. The van der Waals surface area contributed by atoms with Crippen molar-refractivity contribution in [3.8, 4) is 0 Å². The zero-order valence-corrected chi connectivity index (χ0v) is 12.0. The van der Waals surface area contributed by atoms with E-state index in [-0.39, 0.29) is 0 Å². The first kappa shape index (κ1) is 12.9. The number of rotatable bonds is 3. The molecule has 0 nitrogen and oxygen atoms in total. The van der Waals surface area contributed by atoms with Crippen LogP contribution in [0.3, 0.4) is 0 Å². The van der Waals surface area contributed by atoms with Crippen molar-refractivity contribution in [1.29, 1.82) is 0 Å². The molecule has 1 unspecified atom stereocenters. The highest BCUT2D eigenvalue weighted by atomic mass is 14.3. The maximum Gasteiger partial charge on any atom is 0.00117 e. The minimum atomic E-state index is 0.692. The van der Waals surface area contributed by atoms with Crippen LogP contribution in [0.15, 0.2) is 23.3 Å². The molecule has 1 fully saturated rings. The molecule has 2 aliphatic carbocycles. The molecule has 0 aromatic carbocycles. The molecule has 17 heavy (non-hydrogen) atoms. The number of hydrogen-bond donors (Lipinski definition) is 0. The van der Waals surface area contributed by atoms with Crippen LogP contribution in [0, 0.1) is 23.7 Å². The summed E-state index contributed by atoms with van der Waals surface area (Å²) < 4.78 is 0. The summed E-state index contributed by atoms with van der Waals surface area (Å²) in [5.41, 5.74) is 3.35. The van der Waals surface area contributed by atoms with Crippen LogP contribution in [0.5, 0.6) is 0 Å². The summed E-state index contributed by atoms with van der Waals surface area (Å²) in [5.74, 6) is 3.08. The molecule has 0 saturated heterocycles. The lowest BCUT2D eigenvalue weighted by Crippen LogP contribution is -2.17. The average Bonchev–Trinajstić information content (AvgIpc) is 2.75. The zero-order valence-electron chi connectivity index (χ0n) is 12.0. The van der Waals surface area contributed by atoms with Gasteiger partial charge in [-0.05, 0) is 36.2 Å². The molecule has 0 N–H and O–H groups in total. The highest BCUT2D eigenvalue weighted by Crippen LogP contribution is 2.42. The van der Waals surface area contributed by atoms with Crippen LogP contribution >= 0.6 is 0 Å². The van der Waals surface area contributed by atoms with Gasteiger partial charge < -0.3 is 0 Å². The van der Waals surface area contributed by atoms with Crippen LogP contribution in [0.1, 0.15) is 59.8 Å². The second-order valence-corrected chi connectivity index (χ2v) is 6.57. The van der Waals surface area contributed by atoms with Gasteiger partial charge in [0.05, 0.1) is 0 Å².